The smallest absolute Gasteiger partial charge is 0.248 e. The van der Waals surface area contributed by atoms with Gasteiger partial charge in [-0.25, -0.2) is 8.42 Å². The molecular formula is C23H28N2O6S. The predicted octanol–water partition coefficient (Wildman–Crippen LogP) is 3.54. The van der Waals surface area contributed by atoms with E-state index in [2.05, 4.69) is 5.32 Å². The minimum atomic E-state index is -3.71. The third-order valence-electron chi connectivity index (χ3n) is 4.99. The van der Waals surface area contributed by atoms with E-state index in [0.29, 0.717) is 36.9 Å². The molecule has 2 aromatic carbocycles. The van der Waals surface area contributed by atoms with Crippen LogP contribution in [0, 0.1) is 0 Å². The van der Waals surface area contributed by atoms with Gasteiger partial charge in [-0.05, 0) is 61.7 Å². The molecule has 172 valence electrons. The van der Waals surface area contributed by atoms with E-state index >= 15 is 0 Å². The third-order valence-corrected chi connectivity index (χ3v) is 6.91. The van der Waals surface area contributed by atoms with E-state index in [4.69, 9.17) is 14.2 Å². The van der Waals surface area contributed by atoms with E-state index in [1.807, 2.05) is 0 Å². The minimum absolute atomic E-state index is 0.0561. The number of amides is 1. The van der Waals surface area contributed by atoms with Crippen LogP contribution in [-0.4, -0.2) is 52.5 Å². The first-order valence-electron chi connectivity index (χ1n) is 10.4. The monoisotopic (exact) mass is 460 g/mol. The van der Waals surface area contributed by atoms with Crippen LogP contribution in [0.4, 0.5) is 5.69 Å². The molecule has 0 unspecified atom stereocenters. The van der Waals surface area contributed by atoms with Gasteiger partial charge in [0.25, 0.3) is 0 Å². The van der Waals surface area contributed by atoms with Gasteiger partial charge in [0.2, 0.25) is 15.9 Å². The number of rotatable bonds is 9. The van der Waals surface area contributed by atoms with E-state index in [1.165, 1.54) is 16.4 Å². The van der Waals surface area contributed by atoms with Crippen molar-refractivity contribution in [3.63, 3.8) is 0 Å². The number of sulfonamides is 1. The Morgan fingerprint density at radius 3 is 2.31 bits per heavy atom. The molecule has 8 nitrogen and oxygen atoms in total. The number of anilines is 1. The molecule has 1 fully saturated rings. The molecule has 0 radical (unpaired) electrons. The lowest BCUT2D eigenvalue weighted by Crippen LogP contribution is -2.28. The van der Waals surface area contributed by atoms with Gasteiger partial charge in [0.05, 0.1) is 20.8 Å². The molecule has 0 atom stereocenters. The second kappa shape index (κ2) is 10.5. The molecule has 2 aromatic rings. The fourth-order valence-corrected chi connectivity index (χ4v) is 5.09. The number of hydrogen-bond acceptors (Lipinski definition) is 6. The lowest BCUT2D eigenvalue weighted by Gasteiger charge is -2.19. The molecule has 0 aromatic heterocycles. The van der Waals surface area contributed by atoms with Crippen molar-refractivity contribution in [2.75, 3.05) is 39.2 Å². The Hall–Kier alpha value is -3.04. The third kappa shape index (κ3) is 5.60. The number of nitrogens with zero attached hydrogens (tertiary/aromatic N) is 1. The van der Waals surface area contributed by atoms with Gasteiger partial charge in [0, 0.05) is 30.9 Å². The number of ether oxygens (including phenoxy) is 3. The second-order valence-corrected chi connectivity index (χ2v) is 9.08. The zero-order chi connectivity index (χ0) is 23.1. The van der Waals surface area contributed by atoms with E-state index in [9.17, 15) is 13.2 Å². The molecule has 1 aliphatic rings. The van der Waals surface area contributed by atoms with Crippen molar-refractivity contribution in [3.8, 4) is 17.2 Å². The summed E-state index contributed by atoms with van der Waals surface area (Å²) in [5.41, 5.74) is 1.09. The highest BCUT2D eigenvalue weighted by Crippen LogP contribution is 2.31. The van der Waals surface area contributed by atoms with Crippen molar-refractivity contribution in [3.05, 3.63) is 48.0 Å². The quantitative estimate of drug-likeness (QED) is 0.576. The Morgan fingerprint density at radius 1 is 1.06 bits per heavy atom. The van der Waals surface area contributed by atoms with Gasteiger partial charge in [-0.3, -0.25) is 4.79 Å². The van der Waals surface area contributed by atoms with E-state index in [1.54, 1.807) is 57.6 Å². The van der Waals surface area contributed by atoms with Crippen molar-refractivity contribution >= 4 is 27.7 Å². The van der Waals surface area contributed by atoms with Gasteiger partial charge in [-0.1, -0.05) is 0 Å². The van der Waals surface area contributed by atoms with E-state index < -0.39 is 15.9 Å². The first-order valence-corrected chi connectivity index (χ1v) is 11.8. The maximum Gasteiger partial charge on any atom is 0.248 e. The Kier molecular flexibility index (Phi) is 7.76. The number of carbonyl (C=O) groups excluding carboxylic acids is 1. The van der Waals surface area contributed by atoms with Crippen LogP contribution >= 0.6 is 0 Å². The molecule has 1 N–H and O–H groups in total. The van der Waals surface area contributed by atoms with Crippen molar-refractivity contribution in [2.24, 2.45) is 0 Å². The highest BCUT2D eigenvalue weighted by molar-refractivity contribution is 7.89. The van der Waals surface area contributed by atoms with Gasteiger partial charge in [0.1, 0.15) is 22.1 Å². The van der Waals surface area contributed by atoms with Crippen molar-refractivity contribution in [2.45, 2.75) is 24.7 Å². The fraction of sp³-hybridized carbons (Fsp3) is 0.348. The topological polar surface area (TPSA) is 94.2 Å². The SMILES string of the molecule is CCOc1ccc(NC(=O)/C=C/c2cc(OC)cc(OC)c2)cc1S(=O)(=O)N1CCCC1. The standard InChI is InChI=1S/C23H28N2O6S/c1-4-31-21-9-8-18(15-22(21)32(27,28)25-11-5-6-12-25)24-23(26)10-7-17-13-19(29-2)16-20(14-17)30-3/h7-10,13-16H,4-6,11-12H2,1-3H3,(H,24,26)/b10-7+. The average molecular weight is 461 g/mol. The predicted molar refractivity (Wildman–Crippen MR) is 123 cm³/mol. The van der Waals surface area contributed by atoms with Crippen LogP contribution in [-0.2, 0) is 14.8 Å². The lowest BCUT2D eigenvalue weighted by molar-refractivity contribution is -0.111. The highest BCUT2D eigenvalue weighted by Gasteiger charge is 2.30. The largest absolute Gasteiger partial charge is 0.497 e. The summed E-state index contributed by atoms with van der Waals surface area (Å²) in [4.78, 5) is 12.5. The molecule has 0 bridgehead atoms. The maximum absolute atomic E-state index is 13.1. The summed E-state index contributed by atoms with van der Waals surface area (Å²) in [5, 5.41) is 2.72. The van der Waals surface area contributed by atoms with E-state index in [0.717, 1.165) is 18.4 Å². The van der Waals surface area contributed by atoms with E-state index in [-0.39, 0.29) is 10.6 Å². The van der Waals surface area contributed by atoms with Crippen LogP contribution in [0.3, 0.4) is 0 Å². The average Bonchev–Trinajstić information content (AvgIpc) is 3.34. The zero-order valence-electron chi connectivity index (χ0n) is 18.5. The lowest BCUT2D eigenvalue weighted by atomic mass is 10.2. The Balaban J connectivity index is 1.81. The summed E-state index contributed by atoms with van der Waals surface area (Å²) in [6.07, 6.45) is 4.65. The van der Waals surface area contributed by atoms with Crippen LogP contribution in [0.25, 0.3) is 6.08 Å². The second-order valence-electron chi connectivity index (χ2n) is 7.17. The Morgan fingerprint density at radius 2 is 1.72 bits per heavy atom. The molecule has 1 aliphatic heterocycles. The minimum Gasteiger partial charge on any atom is -0.497 e. The zero-order valence-corrected chi connectivity index (χ0v) is 19.3. The number of methoxy groups -OCH3 is 2. The number of carbonyl (C=O) groups is 1. The molecule has 0 saturated carbocycles. The number of hydrogen-bond donors (Lipinski definition) is 1. The molecule has 0 spiro atoms. The molecular weight excluding hydrogens is 432 g/mol. The van der Waals surface area contributed by atoms with Crippen LogP contribution < -0.4 is 19.5 Å². The van der Waals surface area contributed by atoms with Crippen molar-refractivity contribution < 1.29 is 27.4 Å². The first-order chi connectivity index (χ1) is 15.4. The summed E-state index contributed by atoms with van der Waals surface area (Å²) in [7, 11) is -0.609. The van der Waals surface area contributed by atoms with Gasteiger partial charge in [-0.15, -0.1) is 0 Å². The van der Waals surface area contributed by atoms with Crippen LogP contribution in [0.15, 0.2) is 47.4 Å². The summed E-state index contributed by atoms with van der Waals surface area (Å²) in [6, 6.07) is 9.90. The Bertz CT molecular complexity index is 1070. The molecule has 1 saturated heterocycles. The summed E-state index contributed by atoms with van der Waals surface area (Å²) < 4.78 is 43.6. The maximum atomic E-state index is 13.1. The summed E-state index contributed by atoms with van der Waals surface area (Å²) >= 11 is 0. The van der Waals surface area contributed by atoms with Crippen LogP contribution in [0.2, 0.25) is 0 Å². The molecule has 1 amide bonds. The Labute approximate surface area is 188 Å². The molecule has 1 heterocycles. The highest BCUT2D eigenvalue weighted by atomic mass is 32.2. The fourth-order valence-electron chi connectivity index (χ4n) is 3.41. The summed E-state index contributed by atoms with van der Waals surface area (Å²) in [6.45, 7) is 3.09. The van der Waals surface area contributed by atoms with Gasteiger partial charge < -0.3 is 19.5 Å². The normalized spacial score (nSPS) is 14.5. The molecule has 9 heteroatoms. The first kappa shape index (κ1) is 23.6. The van der Waals surface area contributed by atoms with Crippen LogP contribution in [0.1, 0.15) is 25.3 Å². The molecule has 32 heavy (non-hydrogen) atoms. The molecule has 0 aliphatic carbocycles. The number of nitrogens with one attached hydrogen (secondary N) is 1. The van der Waals surface area contributed by atoms with Gasteiger partial charge in [-0.2, -0.15) is 4.31 Å². The van der Waals surface area contributed by atoms with Crippen molar-refractivity contribution in [1.82, 2.24) is 4.31 Å². The molecule has 3 rings (SSSR count). The summed E-state index contributed by atoms with van der Waals surface area (Å²) in [5.74, 6) is 1.08. The van der Waals surface area contributed by atoms with Crippen molar-refractivity contribution in [1.29, 1.82) is 0 Å². The number of benzene rings is 2. The van der Waals surface area contributed by atoms with Gasteiger partial charge >= 0.3 is 0 Å². The van der Waals surface area contributed by atoms with Gasteiger partial charge in [0.15, 0.2) is 0 Å². The van der Waals surface area contributed by atoms with Crippen LogP contribution in [0.5, 0.6) is 17.2 Å².